The number of carbonyl (C=O) groups excluding carboxylic acids is 1. The molecule has 5 heteroatoms. The molecule has 0 saturated heterocycles. The number of aryl methyl sites for hydroxylation is 1. The lowest BCUT2D eigenvalue weighted by atomic mass is 10.0. The van der Waals surface area contributed by atoms with E-state index in [9.17, 15) is 9.59 Å². The second-order valence-electron chi connectivity index (χ2n) is 4.59. The summed E-state index contributed by atoms with van der Waals surface area (Å²) in [5, 5.41) is 11.5. The maximum atomic E-state index is 11.8. The molecule has 1 atom stereocenters. The van der Waals surface area contributed by atoms with Crippen molar-refractivity contribution in [1.29, 1.82) is 0 Å². The molecule has 0 aliphatic rings. The highest BCUT2D eigenvalue weighted by Gasteiger charge is 2.18. The first kappa shape index (κ1) is 14.2. The van der Waals surface area contributed by atoms with Gasteiger partial charge in [0.2, 0.25) is 5.91 Å². The smallest absolute Gasteiger partial charge is 0.335 e. The minimum atomic E-state index is -0.991. The van der Waals surface area contributed by atoms with Gasteiger partial charge in [-0.2, -0.15) is 0 Å². The van der Waals surface area contributed by atoms with E-state index in [0.29, 0.717) is 11.3 Å². The number of hydrogen-bond acceptors (Lipinski definition) is 3. The van der Waals surface area contributed by atoms with Gasteiger partial charge in [0.05, 0.1) is 11.6 Å². The topological polar surface area (TPSA) is 92.4 Å². The monoisotopic (exact) mass is 250 g/mol. The van der Waals surface area contributed by atoms with E-state index >= 15 is 0 Å². The molecule has 1 rings (SSSR count). The van der Waals surface area contributed by atoms with Crippen LogP contribution in [0.15, 0.2) is 18.2 Å². The quantitative estimate of drug-likeness (QED) is 0.757. The number of carboxylic acid groups (broad SMARTS) is 1. The number of carboxylic acids is 1. The molecule has 1 amide bonds. The molecule has 0 fully saturated rings. The fourth-order valence-electron chi connectivity index (χ4n) is 1.46. The van der Waals surface area contributed by atoms with E-state index in [0.717, 1.165) is 0 Å². The van der Waals surface area contributed by atoms with Crippen LogP contribution in [0.25, 0.3) is 0 Å². The summed E-state index contributed by atoms with van der Waals surface area (Å²) < 4.78 is 0. The van der Waals surface area contributed by atoms with Gasteiger partial charge in [-0.05, 0) is 36.6 Å². The van der Waals surface area contributed by atoms with Crippen LogP contribution in [0, 0.1) is 12.8 Å². The summed E-state index contributed by atoms with van der Waals surface area (Å²) in [6.07, 6.45) is 0. The van der Waals surface area contributed by atoms with Crippen LogP contribution in [0.3, 0.4) is 0 Å². The Kier molecular flexibility index (Phi) is 4.44. The number of anilines is 1. The Hall–Kier alpha value is -1.88. The molecular weight excluding hydrogens is 232 g/mol. The Morgan fingerprint density at radius 2 is 1.94 bits per heavy atom. The van der Waals surface area contributed by atoms with Gasteiger partial charge in [-0.3, -0.25) is 4.79 Å². The van der Waals surface area contributed by atoms with Gasteiger partial charge in [0.1, 0.15) is 0 Å². The SMILES string of the molecule is Cc1cc(C(=O)O)ccc1NC(=O)C(N)C(C)C. The minimum absolute atomic E-state index is 0.0450. The van der Waals surface area contributed by atoms with Crippen LogP contribution in [0.4, 0.5) is 5.69 Å². The number of amides is 1. The zero-order chi connectivity index (χ0) is 13.9. The summed E-state index contributed by atoms with van der Waals surface area (Å²) in [7, 11) is 0. The summed E-state index contributed by atoms with van der Waals surface area (Å²) in [5.41, 5.74) is 7.20. The molecule has 1 unspecified atom stereocenters. The molecule has 5 nitrogen and oxygen atoms in total. The number of nitrogens with one attached hydrogen (secondary N) is 1. The van der Waals surface area contributed by atoms with Crippen LogP contribution in [-0.2, 0) is 4.79 Å². The first-order valence-corrected chi connectivity index (χ1v) is 5.73. The summed E-state index contributed by atoms with van der Waals surface area (Å²) in [5.74, 6) is -1.21. The molecule has 0 radical (unpaired) electrons. The molecule has 0 spiro atoms. The first-order chi connectivity index (χ1) is 8.32. The molecule has 1 aromatic rings. The fourth-order valence-corrected chi connectivity index (χ4v) is 1.46. The highest BCUT2D eigenvalue weighted by molar-refractivity contribution is 5.96. The van der Waals surface area contributed by atoms with E-state index in [4.69, 9.17) is 10.8 Å². The van der Waals surface area contributed by atoms with Crippen LogP contribution >= 0.6 is 0 Å². The molecule has 0 aliphatic heterocycles. The molecule has 98 valence electrons. The highest BCUT2D eigenvalue weighted by Crippen LogP contribution is 2.17. The van der Waals surface area contributed by atoms with E-state index in [-0.39, 0.29) is 17.4 Å². The van der Waals surface area contributed by atoms with Crippen molar-refractivity contribution in [2.75, 3.05) is 5.32 Å². The van der Waals surface area contributed by atoms with E-state index < -0.39 is 12.0 Å². The fraction of sp³-hybridized carbons (Fsp3) is 0.385. The summed E-state index contributed by atoms with van der Waals surface area (Å²) in [6, 6.07) is 3.96. The molecule has 18 heavy (non-hydrogen) atoms. The van der Waals surface area contributed by atoms with E-state index in [2.05, 4.69) is 5.32 Å². The maximum absolute atomic E-state index is 11.8. The number of carbonyl (C=O) groups is 2. The van der Waals surface area contributed by atoms with Gasteiger partial charge >= 0.3 is 5.97 Å². The number of rotatable bonds is 4. The average molecular weight is 250 g/mol. The Morgan fingerprint density at radius 3 is 2.39 bits per heavy atom. The molecule has 0 heterocycles. The molecule has 1 aromatic carbocycles. The summed E-state index contributed by atoms with van der Waals surface area (Å²) in [6.45, 7) is 5.47. The standard InChI is InChI=1S/C13H18N2O3/c1-7(2)11(14)12(16)15-10-5-4-9(13(17)18)6-8(10)3/h4-7,11H,14H2,1-3H3,(H,15,16)(H,17,18). The molecule has 0 bridgehead atoms. The van der Waals surface area contributed by atoms with Crippen molar-refractivity contribution < 1.29 is 14.7 Å². The van der Waals surface area contributed by atoms with Crippen molar-refractivity contribution in [2.24, 2.45) is 11.7 Å². The van der Waals surface area contributed by atoms with Crippen molar-refractivity contribution in [1.82, 2.24) is 0 Å². The number of hydrogen-bond donors (Lipinski definition) is 3. The highest BCUT2D eigenvalue weighted by atomic mass is 16.4. The van der Waals surface area contributed by atoms with Crippen molar-refractivity contribution >= 4 is 17.6 Å². The molecular formula is C13H18N2O3. The van der Waals surface area contributed by atoms with Gasteiger partial charge in [-0.25, -0.2) is 4.79 Å². The van der Waals surface area contributed by atoms with Gasteiger partial charge in [0.15, 0.2) is 0 Å². The van der Waals surface area contributed by atoms with Crippen molar-refractivity contribution in [3.8, 4) is 0 Å². The van der Waals surface area contributed by atoms with Gasteiger partial charge in [0, 0.05) is 5.69 Å². The van der Waals surface area contributed by atoms with Gasteiger partial charge < -0.3 is 16.2 Å². The third-order valence-corrected chi connectivity index (χ3v) is 2.75. The Bertz CT molecular complexity index is 469. The van der Waals surface area contributed by atoms with Gasteiger partial charge in [-0.1, -0.05) is 13.8 Å². The Labute approximate surface area is 106 Å². The number of aromatic carboxylic acids is 1. The van der Waals surface area contributed by atoms with Crippen LogP contribution < -0.4 is 11.1 Å². The second kappa shape index (κ2) is 5.64. The predicted octanol–water partition coefficient (Wildman–Crippen LogP) is 1.62. The van der Waals surface area contributed by atoms with Crippen molar-refractivity contribution in [3.63, 3.8) is 0 Å². The van der Waals surface area contributed by atoms with Crippen LogP contribution in [0.5, 0.6) is 0 Å². The lowest BCUT2D eigenvalue weighted by molar-refractivity contribution is -0.118. The average Bonchev–Trinajstić information content (AvgIpc) is 2.30. The van der Waals surface area contributed by atoms with Crippen molar-refractivity contribution in [2.45, 2.75) is 26.8 Å². The van der Waals surface area contributed by atoms with E-state index in [1.807, 2.05) is 13.8 Å². The molecule has 0 saturated carbocycles. The molecule has 0 aromatic heterocycles. The van der Waals surface area contributed by atoms with Crippen LogP contribution in [0.1, 0.15) is 29.8 Å². The Balaban J connectivity index is 2.86. The normalized spacial score (nSPS) is 12.3. The Morgan fingerprint density at radius 1 is 1.33 bits per heavy atom. The lowest BCUT2D eigenvalue weighted by Crippen LogP contribution is -2.39. The summed E-state index contributed by atoms with van der Waals surface area (Å²) in [4.78, 5) is 22.5. The first-order valence-electron chi connectivity index (χ1n) is 5.73. The van der Waals surface area contributed by atoms with E-state index in [1.54, 1.807) is 13.0 Å². The van der Waals surface area contributed by atoms with Gasteiger partial charge in [-0.15, -0.1) is 0 Å². The largest absolute Gasteiger partial charge is 0.478 e. The lowest BCUT2D eigenvalue weighted by Gasteiger charge is -2.16. The third kappa shape index (κ3) is 3.30. The van der Waals surface area contributed by atoms with Crippen molar-refractivity contribution in [3.05, 3.63) is 29.3 Å². The predicted molar refractivity (Wildman–Crippen MR) is 69.6 cm³/mol. The second-order valence-corrected chi connectivity index (χ2v) is 4.59. The minimum Gasteiger partial charge on any atom is -0.478 e. The number of benzene rings is 1. The zero-order valence-corrected chi connectivity index (χ0v) is 10.7. The zero-order valence-electron chi connectivity index (χ0n) is 10.7. The van der Waals surface area contributed by atoms with Crippen LogP contribution in [-0.4, -0.2) is 23.0 Å². The molecule has 0 aliphatic carbocycles. The number of nitrogens with two attached hydrogens (primary N) is 1. The molecule has 4 N–H and O–H groups in total. The summed E-state index contributed by atoms with van der Waals surface area (Å²) >= 11 is 0. The third-order valence-electron chi connectivity index (χ3n) is 2.75. The maximum Gasteiger partial charge on any atom is 0.335 e. The van der Waals surface area contributed by atoms with E-state index in [1.165, 1.54) is 12.1 Å². The van der Waals surface area contributed by atoms with Gasteiger partial charge in [0.25, 0.3) is 0 Å². The van der Waals surface area contributed by atoms with Crippen LogP contribution in [0.2, 0.25) is 0 Å².